The summed E-state index contributed by atoms with van der Waals surface area (Å²) in [5.74, 6) is -3.92. The molecule has 5 nitrogen and oxygen atoms in total. The van der Waals surface area contributed by atoms with Gasteiger partial charge in [-0.15, -0.1) is 0 Å². The van der Waals surface area contributed by atoms with Crippen LogP contribution in [0.2, 0.25) is 0 Å². The minimum absolute atomic E-state index is 0.211. The third kappa shape index (κ3) is 3.41. The van der Waals surface area contributed by atoms with Crippen molar-refractivity contribution in [1.82, 2.24) is 14.9 Å². The summed E-state index contributed by atoms with van der Waals surface area (Å²) in [6.45, 7) is 1.19. The number of nitrogens with zero attached hydrogens (tertiary/aromatic N) is 3. The molecule has 2 aromatic rings. The van der Waals surface area contributed by atoms with Crippen molar-refractivity contribution < 1.29 is 21.6 Å². The van der Waals surface area contributed by atoms with Gasteiger partial charge in [0.1, 0.15) is 0 Å². The molecule has 0 atom stereocenters. The van der Waals surface area contributed by atoms with Crippen molar-refractivity contribution in [2.24, 2.45) is 0 Å². The quantitative estimate of drug-likeness (QED) is 0.620. The van der Waals surface area contributed by atoms with Crippen molar-refractivity contribution in [1.29, 1.82) is 0 Å². The van der Waals surface area contributed by atoms with E-state index >= 15 is 0 Å². The lowest BCUT2D eigenvalue weighted by Gasteiger charge is -2.28. The Morgan fingerprint density at radius 3 is 2.50 bits per heavy atom. The summed E-state index contributed by atoms with van der Waals surface area (Å²) >= 11 is 0. The Hall–Kier alpha value is -2.00. The van der Waals surface area contributed by atoms with E-state index in [9.17, 15) is 21.6 Å². The van der Waals surface area contributed by atoms with E-state index in [0.717, 1.165) is 24.0 Å². The van der Waals surface area contributed by atoms with E-state index in [1.165, 1.54) is 6.20 Å². The van der Waals surface area contributed by atoms with Crippen LogP contribution in [0, 0.1) is 17.5 Å². The second-order valence-corrected chi connectivity index (χ2v) is 7.64. The van der Waals surface area contributed by atoms with E-state index in [-0.39, 0.29) is 11.7 Å². The Morgan fingerprint density at radius 1 is 1.21 bits per heavy atom. The molecule has 0 spiro atoms. The molecule has 0 aliphatic carbocycles. The standard InChI is InChI=1S/C15H14F3N3O2S/c1-24(22,23)15-19-6-10-8-21(3-2-13(10)20-15)7-9-4-11(16)14(18)12(17)5-9/h4-6H,2-3,7-8H2,1H3. The predicted molar refractivity (Wildman–Crippen MR) is 79.3 cm³/mol. The van der Waals surface area contributed by atoms with Crippen LogP contribution in [0.1, 0.15) is 16.8 Å². The predicted octanol–water partition coefficient (Wildman–Crippen LogP) is 1.86. The lowest BCUT2D eigenvalue weighted by atomic mass is 10.1. The molecule has 3 rings (SSSR count). The molecule has 0 N–H and O–H groups in total. The molecule has 1 aromatic carbocycles. The van der Waals surface area contributed by atoms with Gasteiger partial charge in [0.25, 0.3) is 0 Å². The first-order valence-corrected chi connectivity index (χ1v) is 9.04. The molecule has 1 aromatic heterocycles. The number of aromatic nitrogens is 2. The lowest BCUT2D eigenvalue weighted by molar-refractivity contribution is 0.241. The van der Waals surface area contributed by atoms with Crippen LogP contribution in [0.4, 0.5) is 13.2 Å². The van der Waals surface area contributed by atoms with Gasteiger partial charge in [-0.1, -0.05) is 0 Å². The first kappa shape index (κ1) is 16.8. The van der Waals surface area contributed by atoms with Crippen LogP contribution in [0.25, 0.3) is 0 Å². The van der Waals surface area contributed by atoms with E-state index < -0.39 is 27.3 Å². The number of hydrogen-bond acceptors (Lipinski definition) is 5. The second-order valence-electron chi connectivity index (χ2n) is 5.73. The maximum absolute atomic E-state index is 13.3. The minimum Gasteiger partial charge on any atom is -0.294 e. The van der Waals surface area contributed by atoms with Gasteiger partial charge in [-0.05, 0) is 17.7 Å². The van der Waals surface area contributed by atoms with E-state index in [2.05, 4.69) is 9.97 Å². The highest BCUT2D eigenvalue weighted by molar-refractivity contribution is 7.90. The fourth-order valence-corrected chi connectivity index (χ4v) is 3.15. The molecule has 0 unspecified atom stereocenters. The monoisotopic (exact) mass is 357 g/mol. The molecule has 0 fully saturated rings. The molecule has 24 heavy (non-hydrogen) atoms. The van der Waals surface area contributed by atoms with Crippen molar-refractivity contribution >= 4 is 9.84 Å². The molecular formula is C15H14F3N3O2S. The van der Waals surface area contributed by atoms with Crippen molar-refractivity contribution in [2.75, 3.05) is 12.8 Å². The van der Waals surface area contributed by atoms with E-state index in [1.54, 1.807) is 0 Å². The number of fused-ring (bicyclic) bond motifs is 1. The zero-order valence-corrected chi connectivity index (χ0v) is 13.6. The Morgan fingerprint density at radius 2 is 1.88 bits per heavy atom. The summed E-state index contributed by atoms with van der Waals surface area (Å²) in [4.78, 5) is 9.82. The summed E-state index contributed by atoms with van der Waals surface area (Å²) in [5, 5.41) is -0.211. The van der Waals surface area contributed by atoms with Gasteiger partial charge >= 0.3 is 0 Å². The topological polar surface area (TPSA) is 63.2 Å². The highest BCUT2D eigenvalue weighted by Gasteiger charge is 2.22. The third-order valence-electron chi connectivity index (χ3n) is 3.77. The Balaban J connectivity index is 1.78. The van der Waals surface area contributed by atoms with Crippen LogP contribution in [0.15, 0.2) is 23.5 Å². The summed E-state index contributed by atoms with van der Waals surface area (Å²) in [7, 11) is -3.47. The zero-order chi connectivity index (χ0) is 17.5. The van der Waals surface area contributed by atoms with Gasteiger partial charge in [-0.25, -0.2) is 31.6 Å². The van der Waals surface area contributed by atoms with E-state index in [1.807, 2.05) is 4.90 Å². The number of hydrogen-bond donors (Lipinski definition) is 0. The van der Waals surface area contributed by atoms with Gasteiger partial charge < -0.3 is 0 Å². The zero-order valence-electron chi connectivity index (χ0n) is 12.8. The molecule has 9 heteroatoms. The number of halogens is 3. The maximum Gasteiger partial charge on any atom is 0.246 e. The summed E-state index contributed by atoms with van der Waals surface area (Å²) in [6, 6.07) is 1.94. The highest BCUT2D eigenvalue weighted by Crippen LogP contribution is 2.21. The molecular weight excluding hydrogens is 343 g/mol. The van der Waals surface area contributed by atoms with Crippen molar-refractivity contribution in [3.05, 3.63) is 52.6 Å². The summed E-state index contributed by atoms with van der Waals surface area (Å²) < 4.78 is 62.5. The number of sulfone groups is 1. The Labute approximate surface area is 137 Å². The van der Waals surface area contributed by atoms with E-state index in [4.69, 9.17) is 0 Å². The van der Waals surface area contributed by atoms with E-state index in [0.29, 0.717) is 30.8 Å². The first-order valence-electron chi connectivity index (χ1n) is 7.14. The van der Waals surface area contributed by atoms with Gasteiger partial charge in [0.05, 0.1) is 5.69 Å². The van der Waals surface area contributed by atoms with Crippen molar-refractivity contribution in [3.63, 3.8) is 0 Å². The molecule has 1 aliphatic heterocycles. The third-order valence-corrected chi connectivity index (χ3v) is 4.63. The Bertz CT molecular complexity index is 880. The van der Waals surface area contributed by atoms with Gasteiger partial charge in [-0.2, -0.15) is 0 Å². The second kappa shape index (κ2) is 6.14. The van der Waals surface area contributed by atoms with Crippen LogP contribution in [0.3, 0.4) is 0 Å². The molecule has 0 radical (unpaired) electrons. The fourth-order valence-electron chi connectivity index (χ4n) is 2.63. The summed E-state index contributed by atoms with van der Waals surface area (Å²) in [5.41, 5.74) is 1.73. The molecule has 0 amide bonds. The van der Waals surface area contributed by atoms with Crippen LogP contribution < -0.4 is 0 Å². The van der Waals surface area contributed by atoms with Crippen LogP contribution >= 0.6 is 0 Å². The van der Waals surface area contributed by atoms with Crippen LogP contribution in [-0.2, 0) is 29.3 Å². The van der Waals surface area contributed by atoms with Crippen LogP contribution in [-0.4, -0.2) is 36.1 Å². The molecule has 2 heterocycles. The van der Waals surface area contributed by atoms with Gasteiger partial charge in [-0.3, -0.25) is 4.90 Å². The van der Waals surface area contributed by atoms with Gasteiger partial charge in [0.2, 0.25) is 15.0 Å². The average molecular weight is 357 g/mol. The highest BCUT2D eigenvalue weighted by atomic mass is 32.2. The average Bonchev–Trinajstić information content (AvgIpc) is 2.51. The smallest absolute Gasteiger partial charge is 0.246 e. The number of rotatable bonds is 3. The van der Waals surface area contributed by atoms with Crippen molar-refractivity contribution in [3.8, 4) is 0 Å². The number of benzene rings is 1. The van der Waals surface area contributed by atoms with Crippen molar-refractivity contribution in [2.45, 2.75) is 24.7 Å². The summed E-state index contributed by atoms with van der Waals surface area (Å²) in [6.07, 6.45) is 2.99. The molecule has 1 aliphatic rings. The van der Waals surface area contributed by atoms with Gasteiger partial charge in [0.15, 0.2) is 17.5 Å². The SMILES string of the molecule is CS(=O)(=O)c1ncc2c(n1)CCN(Cc1cc(F)c(F)c(F)c1)C2. The molecule has 0 saturated heterocycles. The largest absolute Gasteiger partial charge is 0.294 e. The van der Waals surface area contributed by atoms with Gasteiger partial charge in [0, 0.05) is 44.1 Å². The normalized spacial score (nSPS) is 15.3. The maximum atomic E-state index is 13.3. The Kier molecular flexibility index (Phi) is 4.31. The molecule has 0 saturated carbocycles. The minimum atomic E-state index is -3.47. The fraction of sp³-hybridized carbons (Fsp3) is 0.333. The molecule has 128 valence electrons. The molecule has 0 bridgehead atoms. The van der Waals surface area contributed by atoms with Crippen LogP contribution in [0.5, 0.6) is 0 Å². The lowest BCUT2D eigenvalue weighted by Crippen LogP contribution is -2.31. The first-order chi connectivity index (χ1) is 11.2.